The van der Waals surface area contributed by atoms with Crippen molar-refractivity contribution in [1.82, 2.24) is 5.32 Å². The first-order chi connectivity index (χ1) is 13.6. The van der Waals surface area contributed by atoms with Crippen LogP contribution in [0.25, 0.3) is 0 Å². The van der Waals surface area contributed by atoms with E-state index in [0.717, 1.165) is 6.42 Å². The van der Waals surface area contributed by atoms with Crippen LogP contribution < -0.4 is 5.32 Å². The highest BCUT2D eigenvalue weighted by Gasteiger charge is 2.72. The summed E-state index contributed by atoms with van der Waals surface area (Å²) < 4.78 is 29.1. The molecule has 0 aromatic heterocycles. The molecule has 2 heterocycles. The van der Waals surface area contributed by atoms with E-state index in [1.165, 1.54) is 0 Å². The van der Waals surface area contributed by atoms with E-state index in [4.69, 9.17) is 23.7 Å². The molecule has 7 heteroatoms. The third-order valence-electron chi connectivity index (χ3n) is 6.55. The van der Waals surface area contributed by atoms with Crippen LogP contribution in [0.4, 0.5) is 4.79 Å². The predicted molar refractivity (Wildman–Crippen MR) is 109 cm³/mol. The van der Waals surface area contributed by atoms with Gasteiger partial charge in [-0.05, 0) is 39.5 Å². The van der Waals surface area contributed by atoms with Crippen molar-refractivity contribution < 1.29 is 28.5 Å². The van der Waals surface area contributed by atoms with Crippen molar-refractivity contribution in [2.75, 3.05) is 27.4 Å². The molecule has 29 heavy (non-hydrogen) atoms. The molecule has 0 bridgehead atoms. The van der Waals surface area contributed by atoms with Gasteiger partial charge in [-0.1, -0.05) is 26.0 Å². The minimum Gasteiger partial charge on any atom is -0.443 e. The van der Waals surface area contributed by atoms with Crippen molar-refractivity contribution >= 4 is 6.09 Å². The number of methoxy groups -OCH3 is 2. The average molecular weight is 412 g/mol. The van der Waals surface area contributed by atoms with Gasteiger partial charge in [-0.2, -0.15) is 0 Å². The molecule has 2 aliphatic heterocycles. The summed E-state index contributed by atoms with van der Waals surface area (Å²) in [6.45, 7) is 11.3. The van der Waals surface area contributed by atoms with E-state index in [-0.39, 0.29) is 35.4 Å². The fourth-order valence-electron chi connectivity index (χ4n) is 4.48. The van der Waals surface area contributed by atoms with Gasteiger partial charge in [0.25, 0.3) is 0 Å². The summed E-state index contributed by atoms with van der Waals surface area (Å²) in [7, 11) is 3.29. The minimum atomic E-state index is -0.452. The highest BCUT2D eigenvalue weighted by atomic mass is 16.6. The van der Waals surface area contributed by atoms with E-state index < -0.39 is 11.7 Å². The van der Waals surface area contributed by atoms with Gasteiger partial charge in [0.05, 0.1) is 18.1 Å². The van der Waals surface area contributed by atoms with Gasteiger partial charge in [0.2, 0.25) is 0 Å². The number of allylic oxidation sites excluding steroid dienone is 1. The second-order valence-corrected chi connectivity index (χ2v) is 9.68. The molecule has 1 N–H and O–H groups in total. The molecule has 2 saturated heterocycles. The Morgan fingerprint density at radius 1 is 1.34 bits per heavy atom. The summed E-state index contributed by atoms with van der Waals surface area (Å²) in [6.07, 6.45) is 4.79. The van der Waals surface area contributed by atoms with Crippen LogP contribution in [0.2, 0.25) is 0 Å². The average Bonchev–Trinajstić information content (AvgIpc) is 3.57. The van der Waals surface area contributed by atoms with Crippen LogP contribution in [0.3, 0.4) is 0 Å². The second kappa shape index (κ2) is 8.17. The van der Waals surface area contributed by atoms with Crippen LogP contribution in [0.1, 0.15) is 47.5 Å². The standard InChI is InChI=1S/C22H37NO6/c1-14(2)8-9-16-21(5,29-16)18-17(25-6)15(10-11-22(18)13-27-22)28-19(24)23-12-20(3,4)26-7/h8-9,14-18H,10-13H2,1-7H3,(H,23,24)/b9-8+/t15-,16-,17-,18?,21+,22+/m1/s1. The first kappa shape index (κ1) is 22.5. The summed E-state index contributed by atoms with van der Waals surface area (Å²) >= 11 is 0. The second-order valence-electron chi connectivity index (χ2n) is 9.68. The largest absolute Gasteiger partial charge is 0.443 e. The summed E-state index contributed by atoms with van der Waals surface area (Å²) in [5.74, 6) is 0.471. The van der Waals surface area contributed by atoms with Gasteiger partial charge < -0.3 is 29.0 Å². The predicted octanol–water partition coefficient (Wildman–Crippen LogP) is 3.07. The van der Waals surface area contributed by atoms with E-state index >= 15 is 0 Å². The molecule has 0 aromatic carbocycles. The Labute approximate surface area is 174 Å². The number of alkyl carbamates (subject to hydrolysis) is 1. The van der Waals surface area contributed by atoms with Crippen molar-refractivity contribution in [1.29, 1.82) is 0 Å². The summed E-state index contributed by atoms with van der Waals surface area (Å²) in [4.78, 5) is 12.4. The van der Waals surface area contributed by atoms with E-state index in [1.807, 2.05) is 13.8 Å². The number of amides is 1. The number of hydrogen-bond donors (Lipinski definition) is 1. The third kappa shape index (κ3) is 4.79. The number of carbonyl (C=O) groups is 1. The van der Waals surface area contributed by atoms with Crippen LogP contribution in [-0.4, -0.2) is 68.6 Å². The molecule has 1 spiro atoms. The molecule has 3 aliphatic rings. The van der Waals surface area contributed by atoms with Crippen molar-refractivity contribution in [3.05, 3.63) is 12.2 Å². The minimum absolute atomic E-state index is 0.00350. The van der Waals surface area contributed by atoms with E-state index in [1.54, 1.807) is 14.2 Å². The fourth-order valence-corrected chi connectivity index (χ4v) is 4.48. The van der Waals surface area contributed by atoms with Crippen LogP contribution in [-0.2, 0) is 23.7 Å². The molecule has 1 aliphatic carbocycles. The Morgan fingerprint density at radius 3 is 2.59 bits per heavy atom. The molecule has 3 rings (SSSR count). The van der Waals surface area contributed by atoms with Crippen molar-refractivity contribution in [3.8, 4) is 0 Å². The Balaban J connectivity index is 1.68. The number of hydrogen-bond acceptors (Lipinski definition) is 6. The van der Waals surface area contributed by atoms with E-state index in [9.17, 15) is 4.79 Å². The lowest BCUT2D eigenvalue weighted by atomic mass is 9.68. The maximum Gasteiger partial charge on any atom is 0.407 e. The summed E-state index contributed by atoms with van der Waals surface area (Å²) in [5, 5.41) is 2.80. The summed E-state index contributed by atoms with van der Waals surface area (Å²) in [6, 6.07) is 0. The highest BCUT2D eigenvalue weighted by molar-refractivity contribution is 5.67. The zero-order valence-corrected chi connectivity index (χ0v) is 18.8. The number of rotatable bonds is 8. The third-order valence-corrected chi connectivity index (χ3v) is 6.55. The van der Waals surface area contributed by atoms with Crippen LogP contribution in [0, 0.1) is 11.8 Å². The SMILES string of the molecule is CO[C@H]1C([C@@]2(C)O[C@@H]2/C=C/C(C)C)[C@]2(CC[C@H]1OC(=O)NCC(C)(C)OC)CO2. The zero-order chi connectivity index (χ0) is 21.4. The molecular weight excluding hydrogens is 374 g/mol. The normalized spacial score (nSPS) is 39.2. The number of carbonyl (C=O) groups excluding carboxylic acids is 1. The summed E-state index contributed by atoms with van der Waals surface area (Å²) in [5.41, 5.74) is -1.06. The molecule has 1 saturated carbocycles. The number of ether oxygens (including phenoxy) is 5. The van der Waals surface area contributed by atoms with Gasteiger partial charge in [0.1, 0.15) is 29.5 Å². The monoisotopic (exact) mass is 411 g/mol. The lowest BCUT2D eigenvalue weighted by molar-refractivity contribution is -0.118. The number of nitrogens with one attached hydrogen (secondary N) is 1. The van der Waals surface area contributed by atoms with Gasteiger partial charge >= 0.3 is 6.09 Å². The highest BCUT2D eigenvalue weighted by Crippen LogP contribution is 2.59. The molecule has 6 atom stereocenters. The van der Waals surface area contributed by atoms with Crippen molar-refractivity contribution in [3.63, 3.8) is 0 Å². The lowest BCUT2D eigenvalue weighted by Crippen LogP contribution is -2.56. The zero-order valence-electron chi connectivity index (χ0n) is 18.8. The molecule has 0 radical (unpaired) electrons. The Kier molecular flexibility index (Phi) is 6.35. The Hall–Kier alpha value is -1.15. The quantitative estimate of drug-likeness (QED) is 0.488. The van der Waals surface area contributed by atoms with Gasteiger partial charge in [0.15, 0.2) is 0 Å². The van der Waals surface area contributed by atoms with Gasteiger partial charge in [-0.25, -0.2) is 4.79 Å². The van der Waals surface area contributed by atoms with E-state index in [2.05, 4.69) is 38.2 Å². The smallest absolute Gasteiger partial charge is 0.407 e. The molecule has 1 unspecified atom stereocenters. The molecule has 7 nitrogen and oxygen atoms in total. The first-order valence-corrected chi connectivity index (χ1v) is 10.6. The Bertz CT molecular complexity index is 629. The van der Waals surface area contributed by atoms with Crippen LogP contribution in [0.5, 0.6) is 0 Å². The van der Waals surface area contributed by atoms with Crippen molar-refractivity contribution in [2.24, 2.45) is 11.8 Å². The van der Waals surface area contributed by atoms with Gasteiger partial charge in [-0.15, -0.1) is 0 Å². The molecule has 3 fully saturated rings. The topological polar surface area (TPSA) is 81.9 Å². The van der Waals surface area contributed by atoms with E-state index in [0.29, 0.717) is 25.5 Å². The van der Waals surface area contributed by atoms with Crippen LogP contribution in [0.15, 0.2) is 12.2 Å². The van der Waals surface area contributed by atoms with Crippen molar-refractivity contribution in [2.45, 2.75) is 82.6 Å². The molecule has 166 valence electrons. The molecule has 1 amide bonds. The maximum absolute atomic E-state index is 12.4. The lowest BCUT2D eigenvalue weighted by Gasteiger charge is -2.42. The molecule has 0 aromatic rings. The fraction of sp³-hybridized carbons (Fsp3) is 0.864. The van der Waals surface area contributed by atoms with Gasteiger partial charge in [-0.3, -0.25) is 0 Å². The van der Waals surface area contributed by atoms with Gasteiger partial charge in [0, 0.05) is 20.8 Å². The molecular formula is C22H37NO6. The first-order valence-electron chi connectivity index (χ1n) is 10.6. The number of epoxide rings is 2. The maximum atomic E-state index is 12.4. The van der Waals surface area contributed by atoms with Crippen LogP contribution >= 0.6 is 0 Å². The Morgan fingerprint density at radius 2 is 2.03 bits per heavy atom.